The minimum absolute atomic E-state index is 0.165. The topological polar surface area (TPSA) is 58.9 Å². The molecule has 0 heterocycles. The van der Waals surface area contributed by atoms with Crippen molar-refractivity contribution in [2.24, 2.45) is 0 Å². The third-order valence-electron chi connectivity index (χ3n) is 4.52. The average molecular weight is 378 g/mol. The van der Waals surface area contributed by atoms with Gasteiger partial charge in [-0.2, -0.15) is 0 Å². The Morgan fingerprint density at radius 1 is 0.750 bits per heavy atom. The van der Waals surface area contributed by atoms with Crippen LogP contribution in [0.25, 0.3) is 11.1 Å². The molecule has 0 aromatic heterocycles. The standard InChI is InChI=1S/C24H26O4/c1-3-4-20-15-19(18-7-5-17(2)6-8-18)9-12-24(20)28-14-13-27-21-10-11-22(25)23(26)16-21/h5-12,15-16,25-26H,3-4,13-14H2,1-2H3. The molecule has 0 fully saturated rings. The Balaban J connectivity index is 1.64. The number of rotatable bonds is 8. The summed E-state index contributed by atoms with van der Waals surface area (Å²) in [6, 6.07) is 19.2. The lowest BCUT2D eigenvalue weighted by Crippen LogP contribution is -2.10. The maximum Gasteiger partial charge on any atom is 0.161 e. The number of aryl methyl sites for hydroxylation is 2. The summed E-state index contributed by atoms with van der Waals surface area (Å²) < 4.78 is 11.5. The van der Waals surface area contributed by atoms with Crippen molar-refractivity contribution >= 4 is 0 Å². The van der Waals surface area contributed by atoms with Gasteiger partial charge in [-0.25, -0.2) is 0 Å². The molecule has 3 aromatic rings. The second kappa shape index (κ2) is 9.18. The van der Waals surface area contributed by atoms with Crippen LogP contribution in [0.1, 0.15) is 24.5 Å². The predicted molar refractivity (Wildman–Crippen MR) is 111 cm³/mol. The van der Waals surface area contributed by atoms with E-state index in [9.17, 15) is 10.2 Å². The Hall–Kier alpha value is -3.14. The first-order chi connectivity index (χ1) is 13.6. The van der Waals surface area contributed by atoms with Gasteiger partial charge in [-0.15, -0.1) is 0 Å². The van der Waals surface area contributed by atoms with Gasteiger partial charge in [-0.3, -0.25) is 0 Å². The molecule has 0 saturated heterocycles. The largest absolute Gasteiger partial charge is 0.504 e. The van der Waals surface area contributed by atoms with E-state index < -0.39 is 0 Å². The number of hydrogen-bond acceptors (Lipinski definition) is 4. The Morgan fingerprint density at radius 2 is 1.46 bits per heavy atom. The highest BCUT2D eigenvalue weighted by molar-refractivity contribution is 5.66. The second-order valence-electron chi connectivity index (χ2n) is 6.79. The van der Waals surface area contributed by atoms with Gasteiger partial charge in [0.05, 0.1) is 0 Å². The van der Waals surface area contributed by atoms with Crippen LogP contribution in [0.2, 0.25) is 0 Å². The lowest BCUT2D eigenvalue weighted by atomic mass is 9.99. The zero-order chi connectivity index (χ0) is 19.9. The highest BCUT2D eigenvalue weighted by Gasteiger charge is 2.07. The van der Waals surface area contributed by atoms with Crippen LogP contribution in [0.3, 0.4) is 0 Å². The van der Waals surface area contributed by atoms with Crippen molar-refractivity contribution in [1.82, 2.24) is 0 Å². The molecule has 0 aliphatic heterocycles. The van der Waals surface area contributed by atoms with E-state index in [0.717, 1.165) is 18.6 Å². The molecular formula is C24H26O4. The Bertz CT molecular complexity index is 916. The Kier molecular flexibility index (Phi) is 6.43. The van der Waals surface area contributed by atoms with Crippen LogP contribution in [-0.4, -0.2) is 23.4 Å². The van der Waals surface area contributed by atoms with E-state index in [1.807, 2.05) is 6.07 Å². The SMILES string of the molecule is CCCc1cc(-c2ccc(C)cc2)ccc1OCCOc1ccc(O)c(O)c1. The minimum atomic E-state index is -0.199. The van der Waals surface area contributed by atoms with Gasteiger partial charge >= 0.3 is 0 Å². The third-order valence-corrected chi connectivity index (χ3v) is 4.52. The summed E-state index contributed by atoms with van der Waals surface area (Å²) in [6.45, 7) is 4.98. The van der Waals surface area contributed by atoms with E-state index in [2.05, 4.69) is 50.2 Å². The van der Waals surface area contributed by atoms with Gasteiger partial charge in [-0.05, 0) is 54.3 Å². The maximum atomic E-state index is 9.50. The first kappa shape index (κ1) is 19.6. The molecule has 3 aromatic carbocycles. The summed E-state index contributed by atoms with van der Waals surface area (Å²) in [6.07, 6.45) is 1.98. The van der Waals surface area contributed by atoms with Gasteiger partial charge < -0.3 is 19.7 Å². The molecule has 0 bridgehead atoms. The molecule has 0 aliphatic rings. The summed E-state index contributed by atoms with van der Waals surface area (Å²) >= 11 is 0. The van der Waals surface area contributed by atoms with Gasteiger partial charge in [0.15, 0.2) is 11.5 Å². The fourth-order valence-electron chi connectivity index (χ4n) is 3.01. The fraction of sp³-hybridized carbons (Fsp3) is 0.250. The summed E-state index contributed by atoms with van der Waals surface area (Å²) in [7, 11) is 0. The molecule has 0 amide bonds. The van der Waals surface area contributed by atoms with Crippen molar-refractivity contribution in [3.63, 3.8) is 0 Å². The van der Waals surface area contributed by atoms with E-state index in [-0.39, 0.29) is 11.5 Å². The molecule has 146 valence electrons. The van der Waals surface area contributed by atoms with Crippen LogP contribution in [0.15, 0.2) is 60.7 Å². The molecule has 28 heavy (non-hydrogen) atoms. The Labute approximate surface area is 166 Å². The maximum absolute atomic E-state index is 9.50. The monoisotopic (exact) mass is 378 g/mol. The first-order valence-electron chi connectivity index (χ1n) is 9.54. The first-order valence-corrected chi connectivity index (χ1v) is 9.54. The van der Waals surface area contributed by atoms with Gasteiger partial charge in [0.25, 0.3) is 0 Å². The molecule has 3 rings (SSSR count). The molecule has 0 radical (unpaired) electrons. The van der Waals surface area contributed by atoms with Crippen LogP contribution in [0.5, 0.6) is 23.0 Å². The lowest BCUT2D eigenvalue weighted by Gasteiger charge is -2.14. The summed E-state index contributed by atoms with van der Waals surface area (Å²) in [4.78, 5) is 0. The van der Waals surface area contributed by atoms with Gasteiger partial charge in [0.1, 0.15) is 24.7 Å². The second-order valence-corrected chi connectivity index (χ2v) is 6.79. The van der Waals surface area contributed by atoms with Crippen LogP contribution >= 0.6 is 0 Å². The highest BCUT2D eigenvalue weighted by Crippen LogP contribution is 2.29. The van der Waals surface area contributed by atoms with Crippen molar-refractivity contribution in [3.05, 3.63) is 71.8 Å². The fourth-order valence-corrected chi connectivity index (χ4v) is 3.01. The van der Waals surface area contributed by atoms with Crippen molar-refractivity contribution < 1.29 is 19.7 Å². The van der Waals surface area contributed by atoms with Crippen LogP contribution in [0.4, 0.5) is 0 Å². The molecule has 0 saturated carbocycles. The molecule has 0 unspecified atom stereocenters. The Morgan fingerprint density at radius 3 is 2.18 bits per heavy atom. The third kappa shape index (κ3) is 4.97. The minimum Gasteiger partial charge on any atom is -0.504 e. The number of benzene rings is 3. The van der Waals surface area contributed by atoms with Crippen LogP contribution in [0, 0.1) is 6.92 Å². The zero-order valence-electron chi connectivity index (χ0n) is 16.3. The molecule has 0 atom stereocenters. The van der Waals surface area contributed by atoms with E-state index in [0.29, 0.717) is 19.0 Å². The molecule has 0 spiro atoms. The number of hydrogen-bond donors (Lipinski definition) is 2. The van der Waals surface area contributed by atoms with E-state index in [4.69, 9.17) is 9.47 Å². The smallest absolute Gasteiger partial charge is 0.161 e. The number of phenols is 2. The van der Waals surface area contributed by atoms with Crippen LogP contribution in [-0.2, 0) is 6.42 Å². The quantitative estimate of drug-likeness (QED) is 0.402. The summed E-state index contributed by atoms with van der Waals surface area (Å²) in [5.74, 6) is 0.995. The van der Waals surface area contributed by atoms with E-state index >= 15 is 0 Å². The van der Waals surface area contributed by atoms with Gasteiger partial charge in [0.2, 0.25) is 0 Å². The molecule has 4 nitrogen and oxygen atoms in total. The van der Waals surface area contributed by atoms with E-state index in [1.54, 1.807) is 6.07 Å². The van der Waals surface area contributed by atoms with Crippen molar-refractivity contribution in [2.75, 3.05) is 13.2 Å². The van der Waals surface area contributed by atoms with Crippen LogP contribution < -0.4 is 9.47 Å². The molecule has 0 aliphatic carbocycles. The number of ether oxygens (including phenoxy) is 2. The number of aromatic hydroxyl groups is 2. The normalized spacial score (nSPS) is 10.6. The lowest BCUT2D eigenvalue weighted by molar-refractivity contribution is 0.215. The highest BCUT2D eigenvalue weighted by atomic mass is 16.5. The summed E-state index contributed by atoms with van der Waals surface area (Å²) in [5.41, 5.74) is 4.82. The summed E-state index contributed by atoms with van der Waals surface area (Å²) in [5, 5.41) is 18.8. The predicted octanol–water partition coefficient (Wildman–Crippen LogP) is 5.48. The van der Waals surface area contributed by atoms with Crippen molar-refractivity contribution in [2.45, 2.75) is 26.7 Å². The zero-order valence-corrected chi connectivity index (χ0v) is 16.3. The van der Waals surface area contributed by atoms with Gasteiger partial charge in [-0.1, -0.05) is 49.2 Å². The van der Waals surface area contributed by atoms with Crippen molar-refractivity contribution in [1.29, 1.82) is 0 Å². The number of phenolic OH excluding ortho intramolecular Hbond substituents is 2. The molecular weight excluding hydrogens is 352 g/mol. The average Bonchev–Trinajstić information content (AvgIpc) is 2.69. The van der Waals surface area contributed by atoms with E-state index in [1.165, 1.54) is 34.4 Å². The van der Waals surface area contributed by atoms with Gasteiger partial charge in [0, 0.05) is 6.07 Å². The van der Waals surface area contributed by atoms with Crippen molar-refractivity contribution in [3.8, 4) is 34.1 Å². The molecule has 2 N–H and O–H groups in total. The molecule has 4 heteroatoms.